The lowest BCUT2D eigenvalue weighted by atomic mass is 10.4. The van der Waals surface area contributed by atoms with E-state index in [2.05, 4.69) is 16.9 Å². The number of aromatic nitrogens is 1. The van der Waals surface area contributed by atoms with E-state index in [0.29, 0.717) is 0 Å². The maximum atomic E-state index is 4.11. The molecule has 0 aromatic carbocycles. The van der Waals surface area contributed by atoms with Crippen LogP contribution >= 0.6 is 0 Å². The molecule has 11 heavy (non-hydrogen) atoms. The van der Waals surface area contributed by atoms with E-state index in [4.69, 9.17) is 0 Å². The summed E-state index contributed by atoms with van der Waals surface area (Å²) in [7, 11) is 0. The van der Waals surface area contributed by atoms with Gasteiger partial charge in [0, 0.05) is 12.7 Å². The first-order valence-electron chi connectivity index (χ1n) is 3.69. The zero-order chi connectivity index (χ0) is 7.94. The first-order valence-corrected chi connectivity index (χ1v) is 3.69. The third kappa shape index (κ3) is 2.85. The third-order valence-corrected chi connectivity index (χ3v) is 1.32. The van der Waals surface area contributed by atoms with E-state index in [0.717, 1.165) is 18.8 Å². The Balaban J connectivity index is 2.33. The average molecular weight is 148 g/mol. The van der Waals surface area contributed by atoms with Crippen molar-refractivity contribution >= 4 is 5.82 Å². The molecule has 2 nitrogen and oxygen atoms in total. The van der Waals surface area contributed by atoms with Crippen molar-refractivity contribution in [2.45, 2.75) is 6.42 Å². The highest BCUT2D eigenvalue weighted by Gasteiger charge is 1.86. The summed E-state index contributed by atoms with van der Waals surface area (Å²) >= 11 is 0. The van der Waals surface area contributed by atoms with Gasteiger partial charge < -0.3 is 5.32 Å². The topological polar surface area (TPSA) is 24.9 Å². The molecule has 0 spiro atoms. The highest BCUT2D eigenvalue weighted by Crippen LogP contribution is 1.98. The van der Waals surface area contributed by atoms with Crippen molar-refractivity contribution < 1.29 is 0 Å². The molecule has 0 saturated heterocycles. The highest BCUT2D eigenvalue weighted by molar-refractivity contribution is 5.32. The number of nitrogens with zero attached hydrogens (tertiary/aromatic N) is 1. The lowest BCUT2D eigenvalue weighted by Crippen LogP contribution is -2.00. The largest absolute Gasteiger partial charge is 0.370 e. The third-order valence-electron chi connectivity index (χ3n) is 1.32. The van der Waals surface area contributed by atoms with Crippen LogP contribution in [0.1, 0.15) is 6.42 Å². The van der Waals surface area contributed by atoms with Crippen LogP contribution in [-0.2, 0) is 0 Å². The van der Waals surface area contributed by atoms with Gasteiger partial charge in [-0.05, 0) is 18.6 Å². The molecule has 2 heteroatoms. The van der Waals surface area contributed by atoms with Crippen LogP contribution in [0.25, 0.3) is 0 Å². The van der Waals surface area contributed by atoms with Crippen molar-refractivity contribution in [1.29, 1.82) is 0 Å². The number of hydrogen-bond acceptors (Lipinski definition) is 2. The van der Waals surface area contributed by atoms with Crippen LogP contribution in [0, 0.1) is 0 Å². The van der Waals surface area contributed by atoms with Crippen LogP contribution in [0.2, 0.25) is 0 Å². The van der Waals surface area contributed by atoms with Crippen molar-refractivity contribution in [3.05, 3.63) is 37.1 Å². The van der Waals surface area contributed by atoms with E-state index in [1.165, 1.54) is 0 Å². The quantitative estimate of drug-likeness (QED) is 0.522. The van der Waals surface area contributed by atoms with Gasteiger partial charge in [0.2, 0.25) is 0 Å². The zero-order valence-electron chi connectivity index (χ0n) is 6.46. The van der Waals surface area contributed by atoms with E-state index < -0.39 is 0 Å². The first-order chi connectivity index (χ1) is 5.43. The van der Waals surface area contributed by atoms with Crippen LogP contribution < -0.4 is 5.32 Å². The average Bonchev–Trinajstić information content (AvgIpc) is 2.07. The zero-order valence-corrected chi connectivity index (χ0v) is 6.46. The number of anilines is 1. The van der Waals surface area contributed by atoms with Gasteiger partial charge in [-0.2, -0.15) is 0 Å². The SMILES string of the molecule is C=CCCNc1ccccn1. The smallest absolute Gasteiger partial charge is 0.125 e. The molecule has 1 N–H and O–H groups in total. The lowest BCUT2D eigenvalue weighted by Gasteiger charge is -2.00. The minimum atomic E-state index is 0.903. The van der Waals surface area contributed by atoms with Crippen molar-refractivity contribution in [3.8, 4) is 0 Å². The highest BCUT2D eigenvalue weighted by atomic mass is 15.0. The summed E-state index contributed by atoms with van der Waals surface area (Å²) in [4.78, 5) is 4.11. The van der Waals surface area contributed by atoms with E-state index in [9.17, 15) is 0 Å². The van der Waals surface area contributed by atoms with Gasteiger partial charge in [-0.25, -0.2) is 4.98 Å². The molecule has 0 unspecified atom stereocenters. The summed E-state index contributed by atoms with van der Waals surface area (Å²) < 4.78 is 0. The Kier molecular flexibility index (Phi) is 3.19. The van der Waals surface area contributed by atoms with Crippen LogP contribution in [0.4, 0.5) is 5.82 Å². The van der Waals surface area contributed by atoms with Gasteiger partial charge in [0.25, 0.3) is 0 Å². The van der Waals surface area contributed by atoms with Crippen molar-refractivity contribution in [2.24, 2.45) is 0 Å². The predicted octanol–water partition coefficient (Wildman–Crippen LogP) is 2.07. The standard InChI is InChI=1S/C9H12N2/c1-2-3-7-10-9-6-4-5-8-11-9/h2,4-6,8H,1,3,7H2,(H,10,11). The molecule has 1 rings (SSSR count). The van der Waals surface area contributed by atoms with Crippen LogP contribution in [0.5, 0.6) is 0 Å². The summed E-state index contributed by atoms with van der Waals surface area (Å²) in [5.41, 5.74) is 0. The van der Waals surface area contributed by atoms with Gasteiger partial charge in [0.15, 0.2) is 0 Å². The molecule has 1 aromatic heterocycles. The van der Waals surface area contributed by atoms with Crippen molar-refractivity contribution in [1.82, 2.24) is 4.98 Å². The lowest BCUT2D eigenvalue weighted by molar-refractivity contribution is 1.05. The van der Waals surface area contributed by atoms with Crippen LogP contribution in [0.15, 0.2) is 37.1 Å². The Labute approximate surface area is 67.0 Å². The van der Waals surface area contributed by atoms with Gasteiger partial charge in [0.05, 0.1) is 0 Å². The Morgan fingerprint density at radius 3 is 3.09 bits per heavy atom. The Bertz CT molecular complexity index is 206. The van der Waals surface area contributed by atoms with Crippen LogP contribution in [-0.4, -0.2) is 11.5 Å². The number of rotatable bonds is 4. The molecule has 0 aliphatic carbocycles. The van der Waals surface area contributed by atoms with Crippen molar-refractivity contribution in [2.75, 3.05) is 11.9 Å². The van der Waals surface area contributed by atoms with E-state index in [1.54, 1.807) is 6.20 Å². The van der Waals surface area contributed by atoms with Crippen LogP contribution in [0.3, 0.4) is 0 Å². The number of hydrogen-bond donors (Lipinski definition) is 1. The second-order valence-electron chi connectivity index (χ2n) is 2.22. The van der Waals surface area contributed by atoms with E-state index in [-0.39, 0.29) is 0 Å². The molecule has 0 aliphatic rings. The fraction of sp³-hybridized carbons (Fsp3) is 0.222. The number of pyridine rings is 1. The fourth-order valence-corrected chi connectivity index (χ4v) is 0.770. The molecule has 0 fully saturated rings. The first kappa shape index (κ1) is 7.79. The van der Waals surface area contributed by atoms with Crippen molar-refractivity contribution in [3.63, 3.8) is 0 Å². The molecule has 0 radical (unpaired) electrons. The molecular formula is C9H12N2. The van der Waals surface area contributed by atoms with E-state index in [1.807, 2.05) is 24.3 Å². The summed E-state index contributed by atoms with van der Waals surface area (Å²) in [5, 5.41) is 3.16. The minimum absolute atomic E-state index is 0.903. The molecule has 0 saturated carbocycles. The van der Waals surface area contributed by atoms with Gasteiger partial charge >= 0.3 is 0 Å². The summed E-state index contributed by atoms with van der Waals surface area (Å²) in [5.74, 6) is 0.925. The minimum Gasteiger partial charge on any atom is -0.370 e. The Morgan fingerprint density at radius 2 is 2.45 bits per heavy atom. The number of nitrogens with one attached hydrogen (secondary N) is 1. The molecule has 0 aliphatic heterocycles. The molecule has 58 valence electrons. The Morgan fingerprint density at radius 1 is 1.55 bits per heavy atom. The molecule has 1 aromatic rings. The fourth-order valence-electron chi connectivity index (χ4n) is 0.770. The second kappa shape index (κ2) is 4.50. The molecule has 0 amide bonds. The Hall–Kier alpha value is -1.31. The molecule has 0 atom stereocenters. The normalized spacial score (nSPS) is 9.09. The maximum absolute atomic E-state index is 4.11. The monoisotopic (exact) mass is 148 g/mol. The molecule has 1 heterocycles. The molecular weight excluding hydrogens is 136 g/mol. The predicted molar refractivity (Wildman–Crippen MR) is 47.5 cm³/mol. The summed E-state index contributed by atoms with van der Waals surface area (Å²) in [6.07, 6.45) is 4.63. The second-order valence-corrected chi connectivity index (χ2v) is 2.22. The van der Waals surface area contributed by atoms with Gasteiger partial charge in [-0.15, -0.1) is 6.58 Å². The molecule has 0 bridgehead atoms. The van der Waals surface area contributed by atoms with Gasteiger partial charge in [-0.3, -0.25) is 0 Å². The van der Waals surface area contributed by atoms with E-state index >= 15 is 0 Å². The summed E-state index contributed by atoms with van der Waals surface area (Å²) in [6, 6.07) is 5.81. The summed E-state index contributed by atoms with van der Waals surface area (Å²) in [6.45, 7) is 4.53. The van der Waals surface area contributed by atoms with Gasteiger partial charge in [0.1, 0.15) is 5.82 Å². The maximum Gasteiger partial charge on any atom is 0.125 e. The van der Waals surface area contributed by atoms with Gasteiger partial charge in [-0.1, -0.05) is 12.1 Å².